The van der Waals surface area contributed by atoms with Gasteiger partial charge in [0, 0.05) is 12.6 Å². The van der Waals surface area contributed by atoms with Crippen LogP contribution >= 0.6 is 0 Å². The van der Waals surface area contributed by atoms with E-state index in [1.807, 2.05) is 13.8 Å². The SMILES string of the molecule is COC(=O)C(C)C(C)NCC1(O)CCC(C)CC1. The molecule has 2 N–H and O–H groups in total. The summed E-state index contributed by atoms with van der Waals surface area (Å²) < 4.78 is 4.72. The summed E-state index contributed by atoms with van der Waals surface area (Å²) in [5.41, 5.74) is -0.601. The molecule has 0 aromatic carbocycles. The minimum absolute atomic E-state index is 0.0147. The van der Waals surface area contributed by atoms with E-state index in [9.17, 15) is 9.90 Å². The van der Waals surface area contributed by atoms with Crippen LogP contribution in [-0.4, -0.2) is 36.4 Å². The van der Waals surface area contributed by atoms with Crippen LogP contribution in [-0.2, 0) is 9.53 Å². The second-order valence-electron chi connectivity index (χ2n) is 5.89. The van der Waals surface area contributed by atoms with Crippen molar-refractivity contribution in [3.8, 4) is 0 Å². The van der Waals surface area contributed by atoms with Crippen LogP contribution in [0.3, 0.4) is 0 Å². The number of hydrogen-bond acceptors (Lipinski definition) is 4. The first-order chi connectivity index (χ1) is 8.38. The minimum Gasteiger partial charge on any atom is -0.469 e. The van der Waals surface area contributed by atoms with Gasteiger partial charge in [-0.05, 0) is 38.5 Å². The van der Waals surface area contributed by atoms with Gasteiger partial charge in [0.15, 0.2) is 0 Å². The predicted molar refractivity (Wildman–Crippen MR) is 71.2 cm³/mol. The lowest BCUT2D eigenvalue weighted by atomic mass is 9.79. The molecule has 0 amide bonds. The topological polar surface area (TPSA) is 58.6 Å². The summed E-state index contributed by atoms with van der Waals surface area (Å²) in [7, 11) is 1.40. The van der Waals surface area contributed by atoms with Gasteiger partial charge in [-0.2, -0.15) is 0 Å². The predicted octanol–water partition coefficient (Wildman–Crippen LogP) is 1.71. The van der Waals surface area contributed by atoms with Crippen LogP contribution in [0.1, 0.15) is 46.5 Å². The molecule has 4 nitrogen and oxygen atoms in total. The number of methoxy groups -OCH3 is 1. The number of esters is 1. The van der Waals surface area contributed by atoms with E-state index in [0.29, 0.717) is 6.54 Å². The first kappa shape index (κ1) is 15.4. The Kier molecular flexibility index (Phi) is 5.60. The number of hydrogen-bond donors (Lipinski definition) is 2. The standard InChI is InChI=1S/C14H27NO3/c1-10-5-7-14(17,8-6-10)9-15-12(3)11(2)13(16)18-4/h10-12,15,17H,5-9H2,1-4H3. The number of carbonyl (C=O) groups is 1. The monoisotopic (exact) mass is 257 g/mol. The Labute approximate surface area is 110 Å². The molecule has 0 radical (unpaired) electrons. The number of carbonyl (C=O) groups excluding carboxylic acids is 1. The second-order valence-corrected chi connectivity index (χ2v) is 5.89. The third-order valence-electron chi connectivity index (χ3n) is 4.28. The van der Waals surface area contributed by atoms with Gasteiger partial charge in [0.25, 0.3) is 0 Å². The van der Waals surface area contributed by atoms with Gasteiger partial charge in [-0.25, -0.2) is 0 Å². The molecular weight excluding hydrogens is 230 g/mol. The minimum atomic E-state index is -0.601. The van der Waals surface area contributed by atoms with E-state index in [0.717, 1.165) is 31.6 Å². The summed E-state index contributed by atoms with van der Waals surface area (Å²) in [6.07, 6.45) is 3.86. The van der Waals surface area contributed by atoms with Gasteiger partial charge >= 0.3 is 5.97 Å². The normalized spacial score (nSPS) is 31.7. The molecule has 2 unspecified atom stereocenters. The Balaban J connectivity index is 2.37. The second kappa shape index (κ2) is 6.53. The van der Waals surface area contributed by atoms with Crippen molar-refractivity contribution in [3.63, 3.8) is 0 Å². The first-order valence-electron chi connectivity index (χ1n) is 6.91. The van der Waals surface area contributed by atoms with E-state index in [2.05, 4.69) is 12.2 Å². The largest absolute Gasteiger partial charge is 0.469 e. The van der Waals surface area contributed by atoms with Crippen LogP contribution in [0.2, 0.25) is 0 Å². The van der Waals surface area contributed by atoms with Gasteiger partial charge in [-0.1, -0.05) is 13.8 Å². The molecule has 0 heterocycles. The molecule has 0 aromatic rings. The summed E-state index contributed by atoms with van der Waals surface area (Å²) in [6.45, 7) is 6.59. The van der Waals surface area contributed by atoms with Crippen molar-refractivity contribution >= 4 is 5.97 Å². The molecule has 0 aromatic heterocycles. The molecule has 1 saturated carbocycles. The van der Waals surface area contributed by atoms with E-state index in [1.165, 1.54) is 7.11 Å². The molecule has 1 aliphatic rings. The molecule has 0 spiro atoms. The Morgan fingerprint density at radius 1 is 1.44 bits per heavy atom. The molecule has 1 fully saturated rings. The smallest absolute Gasteiger partial charge is 0.309 e. The molecule has 0 bridgehead atoms. The summed E-state index contributed by atoms with van der Waals surface area (Å²) >= 11 is 0. The van der Waals surface area contributed by atoms with Gasteiger partial charge in [0.05, 0.1) is 18.6 Å². The highest BCUT2D eigenvalue weighted by atomic mass is 16.5. The van der Waals surface area contributed by atoms with Crippen molar-refractivity contribution in [1.82, 2.24) is 5.32 Å². The lowest BCUT2D eigenvalue weighted by Gasteiger charge is -2.36. The van der Waals surface area contributed by atoms with Crippen molar-refractivity contribution in [2.24, 2.45) is 11.8 Å². The number of ether oxygens (including phenoxy) is 1. The van der Waals surface area contributed by atoms with Crippen molar-refractivity contribution < 1.29 is 14.6 Å². The molecule has 4 heteroatoms. The average Bonchev–Trinajstić information content (AvgIpc) is 2.38. The van der Waals surface area contributed by atoms with E-state index >= 15 is 0 Å². The zero-order valence-corrected chi connectivity index (χ0v) is 12.0. The summed E-state index contributed by atoms with van der Waals surface area (Å²) in [6, 6.07) is 0.0147. The van der Waals surface area contributed by atoms with Crippen molar-refractivity contribution in [3.05, 3.63) is 0 Å². The fourth-order valence-electron chi connectivity index (χ4n) is 2.39. The van der Waals surface area contributed by atoms with Gasteiger partial charge in [0.1, 0.15) is 0 Å². The highest BCUT2D eigenvalue weighted by Crippen LogP contribution is 2.31. The maximum Gasteiger partial charge on any atom is 0.309 e. The Bertz CT molecular complexity index is 272. The maximum atomic E-state index is 11.4. The molecule has 106 valence electrons. The number of nitrogens with one attached hydrogen (secondary N) is 1. The summed E-state index contributed by atoms with van der Waals surface area (Å²) in [4.78, 5) is 11.4. The van der Waals surface area contributed by atoms with Gasteiger partial charge in [-0.15, -0.1) is 0 Å². The van der Waals surface area contributed by atoms with E-state index < -0.39 is 5.60 Å². The fraction of sp³-hybridized carbons (Fsp3) is 0.929. The molecule has 0 saturated heterocycles. The number of aliphatic hydroxyl groups is 1. The van der Waals surface area contributed by atoms with Gasteiger partial charge < -0.3 is 15.2 Å². The van der Waals surface area contributed by atoms with Crippen molar-refractivity contribution in [1.29, 1.82) is 0 Å². The van der Waals surface area contributed by atoms with Crippen LogP contribution < -0.4 is 5.32 Å². The zero-order valence-electron chi connectivity index (χ0n) is 12.0. The Morgan fingerprint density at radius 3 is 2.50 bits per heavy atom. The molecule has 1 rings (SSSR count). The lowest BCUT2D eigenvalue weighted by Crippen LogP contribution is -2.48. The van der Waals surface area contributed by atoms with Crippen LogP contribution in [0.25, 0.3) is 0 Å². The highest BCUT2D eigenvalue weighted by molar-refractivity contribution is 5.72. The summed E-state index contributed by atoms with van der Waals surface area (Å²) in [5, 5.41) is 13.7. The molecule has 0 aliphatic heterocycles. The van der Waals surface area contributed by atoms with Crippen LogP contribution in [0.5, 0.6) is 0 Å². The maximum absolute atomic E-state index is 11.4. The molecule has 1 aliphatic carbocycles. The molecular formula is C14H27NO3. The van der Waals surface area contributed by atoms with E-state index in [4.69, 9.17) is 4.74 Å². The molecule has 18 heavy (non-hydrogen) atoms. The summed E-state index contributed by atoms with van der Waals surface area (Å²) in [5.74, 6) is 0.317. The highest BCUT2D eigenvalue weighted by Gasteiger charge is 2.32. The van der Waals surface area contributed by atoms with Gasteiger partial charge in [0.2, 0.25) is 0 Å². The first-order valence-corrected chi connectivity index (χ1v) is 6.91. The Hall–Kier alpha value is -0.610. The third-order valence-corrected chi connectivity index (χ3v) is 4.28. The zero-order chi connectivity index (χ0) is 13.8. The van der Waals surface area contributed by atoms with Crippen LogP contribution in [0.15, 0.2) is 0 Å². The molecule has 2 atom stereocenters. The Morgan fingerprint density at radius 2 is 2.00 bits per heavy atom. The average molecular weight is 257 g/mol. The van der Waals surface area contributed by atoms with Crippen molar-refractivity contribution in [2.45, 2.75) is 58.1 Å². The fourth-order valence-corrected chi connectivity index (χ4v) is 2.39. The van der Waals surface area contributed by atoms with Crippen LogP contribution in [0.4, 0.5) is 0 Å². The third kappa shape index (κ3) is 4.25. The van der Waals surface area contributed by atoms with E-state index in [1.54, 1.807) is 0 Å². The lowest BCUT2D eigenvalue weighted by molar-refractivity contribution is -0.145. The number of rotatable bonds is 5. The van der Waals surface area contributed by atoms with Crippen molar-refractivity contribution in [2.75, 3.05) is 13.7 Å². The van der Waals surface area contributed by atoms with Gasteiger partial charge in [-0.3, -0.25) is 4.79 Å². The van der Waals surface area contributed by atoms with Crippen LogP contribution in [0, 0.1) is 11.8 Å². The quantitative estimate of drug-likeness (QED) is 0.736. The van der Waals surface area contributed by atoms with E-state index in [-0.39, 0.29) is 17.9 Å².